The third kappa shape index (κ3) is 5.89. The number of amides is 1. The van der Waals surface area contributed by atoms with Gasteiger partial charge in [0, 0.05) is 17.6 Å². The van der Waals surface area contributed by atoms with E-state index in [9.17, 15) is 13.2 Å². The number of hydrogen-bond acceptors (Lipinski definition) is 4. The van der Waals surface area contributed by atoms with E-state index in [1.807, 2.05) is 30.3 Å². The van der Waals surface area contributed by atoms with Crippen LogP contribution >= 0.6 is 0 Å². The summed E-state index contributed by atoms with van der Waals surface area (Å²) in [6.07, 6.45) is 3.99. The Hall–Kier alpha value is -2.22. The summed E-state index contributed by atoms with van der Waals surface area (Å²) < 4.78 is 26.3. The first-order valence-electron chi connectivity index (χ1n) is 9.60. The van der Waals surface area contributed by atoms with E-state index in [2.05, 4.69) is 15.4 Å². The summed E-state index contributed by atoms with van der Waals surface area (Å²) in [5, 5.41) is 6.56. The highest BCUT2D eigenvalue weighted by Crippen LogP contribution is 2.18. The molecule has 3 rings (SSSR count). The number of rotatable bonds is 10. The summed E-state index contributed by atoms with van der Waals surface area (Å²) in [4.78, 5) is 12.9. The summed E-state index contributed by atoms with van der Waals surface area (Å²) in [7, 11) is -2.24. The van der Waals surface area contributed by atoms with Crippen molar-refractivity contribution < 1.29 is 13.2 Å². The van der Waals surface area contributed by atoms with Crippen molar-refractivity contribution in [1.82, 2.24) is 15.4 Å². The molecule has 0 heterocycles. The van der Waals surface area contributed by atoms with E-state index in [0.29, 0.717) is 11.6 Å². The SMILES string of the molecule is CNS(=O)(=O)c1cccc(C(=O)N[C@H](CCNC2CC2)Cc2ccccc2)c1. The molecule has 7 heteroatoms. The van der Waals surface area contributed by atoms with Crippen molar-refractivity contribution in [2.24, 2.45) is 0 Å². The van der Waals surface area contributed by atoms with Crippen LogP contribution < -0.4 is 15.4 Å². The molecular weight excluding hydrogens is 374 g/mol. The van der Waals surface area contributed by atoms with Gasteiger partial charge >= 0.3 is 0 Å². The van der Waals surface area contributed by atoms with Gasteiger partial charge in [0.25, 0.3) is 5.91 Å². The maximum absolute atomic E-state index is 12.8. The highest BCUT2D eigenvalue weighted by Gasteiger charge is 2.21. The molecule has 3 N–H and O–H groups in total. The monoisotopic (exact) mass is 401 g/mol. The summed E-state index contributed by atoms with van der Waals surface area (Å²) in [5.74, 6) is -0.263. The molecule has 1 atom stereocenters. The number of nitrogens with one attached hydrogen (secondary N) is 3. The molecule has 28 heavy (non-hydrogen) atoms. The van der Waals surface area contributed by atoms with Crippen LogP contribution in [0.25, 0.3) is 0 Å². The third-order valence-electron chi connectivity index (χ3n) is 4.84. The molecule has 1 aliphatic rings. The molecule has 1 amide bonds. The van der Waals surface area contributed by atoms with E-state index in [1.165, 1.54) is 32.0 Å². The summed E-state index contributed by atoms with van der Waals surface area (Å²) in [5.41, 5.74) is 1.50. The smallest absolute Gasteiger partial charge is 0.251 e. The Balaban J connectivity index is 1.69. The molecule has 0 spiro atoms. The van der Waals surface area contributed by atoms with Gasteiger partial charge in [0.2, 0.25) is 10.0 Å². The zero-order chi connectivity index (χ0) is 20.0. The summed E-state index contributed by atoms with van der Waals surface area (Å²) >= 11 is 0. The van der Waals surface area contributed by atoms with Gasteiger partial charge in [0.05, 0.1) is 4.90 Å². The molecule has 0 bridgehead atoms. The Morgan fingerprint density at radius 1 is 1.11 bits per heavy atom. The first-order chi connectivity index (χ1) is 13.5. The molecule has 6 nitrogen and oxygen atoms in total. The first-order valence-corrected chi connectivity index (χ1v) is 11.1. The average Bonchev–Trinajstić information content (AvgIpc) is 3.53. The zero-order valence-electron chi connectivity index (χ0n) is 16.0. The third-order valence-corrected chi connectivity index (χ3v) is 6.25. The molecule has 0 unspecified atom stereocenters. The van der Waals surface area contributed by atoms with Crippen molar-refractivity contribution in [3.63, 3.8) is 0 Å². The van der Waals surface area contributed by atoms with E-state index >= 15 is 0 Å². The molecule has 2 aromatic rings. The minimum atomic E-state index is -3.59. The van der Waals surface area contributed by atoms with E-state index in [1.54, 1.807) is 12.1 Å². The van der Waals surface area contributed by atoms with E-state index in [4.69, 9.17) is 0 Å². The standard InChI is InChI=1S/C21H27N3O3S/c1-22-28(26,27)20-9-5-8-17(15-20)21(25)24-19(12-13-23-18-10-11-18)14-16-6-3-2-4-7-16/h2-9,15,18-19,22-23H,10-14H2,1H3,(H,24,25)/t19-/m1/s1. The maximum Gasteiger partial charge on any atom is 0.251 e. The molecular formula is C21H27N3O3S. The fraction of sp³-hybridized carbons (Fsp3) is 0.381. The number of sulfonamides is 1. The number of benzene rings is 2. The average molecular weight is 402 g/mol. The van der Waals surface area contributed by atoms with Crippen molar-refractivity contribution in [2.45, 2.75) is 42.7 Å². The highest BCUT2D eigenvalue weighted by molar-refractivity contribution is 7.89. The lowest BCUT2D eigenvalue weighted by Crippen LogP contribution is -2.39. The minimum absolute atomic E-state index is 0.0364. The quantitative estimate of drug-likeness (QED) is 0.569. The second-order valence-corrected chi connectivity index (χ2v) is 9.00. The van der Waals surface area contributed by atoms with Gasteiger partial charge in [-0.05, 0) is 63.0 Å². The fourth-order valence-electron chi connectivity index (χ4n) is 3.06. The van der Waals surface area contributed by atoms with Crippen LogP contribution in [-0.4, -0.2) is 40.0 Å². The lowest BCUT2D eigenvalue weighted by molar-refractivity contribution is 0.0934. The summed E-state index contributed by atoms with van der Waals surface area (Å²) in [6, 6.07) is 16.7. The van der Waals surface area contributed by atoms with Crippen LogP contribution in [-0.2, 0) is 16.4 Å². The van der Waals surface area contributed by atoms with Gasteiger partial charge in [-0.25, -0.2) is 13.1 Å². The Bertz CT molecular complexity index is 896. The Labute approximate surface area is 166 Å². The van der Waals surface area contributed by atoms with Crippen molar-refractivity contribution in [3.8, 4) is 0 Å². The van der Waals surface area contributed by atoms with Crippen LogP contribution in [0.5, 0.6) is 0 Å². The minimum Gasteiger partial charge on any atom is -0.349 e. The predicted molar refractivity (Wildman–Crippen MR) is 110 cm³/mol. The molecule has 0 aliphatic heterocycles. The first kappa shape index (κ1) is 20.5. The van der Waals surface area contributed by atoms with E-state index < -0.39 is 10.0 Å². The van der Waals surface area contributed by atoms with Crippen molar-refractivity contribution in [3.05, 3.63) is 65.7 Å². The second kappa shape index (κ2) is 9.32. The molecule has 0 aromatic heterocycles. The number of carbonyl (C=O) groups is 1. The lowest BCUT2D eigenvalue weighted by Gasteiger charge is -2.20. The van der Waals surface area contributed by atoms with Crippen LogP contribution in [0.3, 0.4) is 0 Å². The molecule has 1 aliphatic carbocycles. The lowest BCUT2D eigenvalue weighted by atomic mass is 10.0. The molecule has 150 valence electrons. The normalized spacial score (nSPS) is 15.2. The second-order valence-electron chi connectivity index (χ2n) is 7.11. The Morgan fingerprint density at radius 3 is 2.54 bits per heavy atom. The van der Waals surface area contributed by atoms with E-state index in [0.717, 1.165) is 24.9 Å². The molecule has 1 saturated carbocycles. The Morgan fingerprint density at radius 2 is 1.86 bits per heavy atom. The molecule has 0 saturated heterocycles. The van der Waals surface area contributed by atoms with Crippen LogP contribution in [0.1, 0.15) is 35.2 Å². The van der Waals surface area contributed by atoms with Crippen LogP contribution in [0.15, 0.2) is 59.5 Å². The molecule has 1 fully saturated rings. The van der Waals surface area contributed by atoms with Gasteiger partial charge in [-0.2, -0.15) is 0 Å². The van der Waals surface area contributed by atoms with Gasteiger partial charge in [-0.15, -0.1) is 0 Å². The van der Waals surface area contributed by atoms with Gasteiger partial charge in [0.15, 0.2) is 0 Å². The fourth-order valence-corrected chi connectivity index (χ4v) is 3.84. The van der Waals surface area contributed by atoms with Crippen LogP contribution in [0, 0.1) is 0 Å². The van der Waals surface area contributed by atoms with Crippen LogP contribution in [0.2, 0.25) is 0 Å². The van der Waals surface area contributed by atoms with Crippen molar-refractivity contribution in [1.29, 1.82) is 0 Å². The Kier molecular flexibility index (Phi) is 6.83. The number of carbonyl (C=O) groups excluding carboxylic acids is 1. The summed E-state index contributed by atoms with van der Waals surface area (Å²) in [6.45, 7) is 0.844. The molecule has 0 radical (unpaired) electrons. The van der Waals surface area contributed by atoms with E-state index in [-0.39, 0.29) is 16.8 Å². The van der Waals surface area contributed by atoms with Gasteiger partial charge < -0.3 is 10.6 Å². The van der Waals surface area contributed by atoms with Crippen LogP contribution in [0.4, 0.5) is 0 Å². The predicted octanol–water partition coefficient (Wildman–Crippen LogP) is 2.08. The van der Waals surface area contributed by atoms with Gasteiger partial charge in [0.1, 0.15) is 0 Å². The topological polar surface area (TPSA) is 87.3 Å². The number of hydrogen-bond donors (Lipinski definition) is 3. The maximum atomic E-state index is 12.8. The van der Waals surface area contributed by atoms with Crippen molar-refractivity contribution in [2.75, 3.05) is 13.6 Å². The van der Waals surface area contributed by atoms with Gasteiger partial charge in [-0.3, -0.25) is 4.79 Å². The van der Waals surface area contributed by atoms with Crippen molar-refractivity contribution >= 4 is 15.9 Å². The zero-order valence-corrected chi connectivity index (χ0v) is 16.8. The van der Waals surface area contributed by atoms with Gasteiger partial charge in [-0.1, -0.05) is 36.4 Å². The largest absolute Gasteiger partial charge is 0.349 e. The molecule has 2 aromatic carbocycles. The highest BCUT2D eigenvalue weighted by atomic mass is 32.2.